The Morgan fingerprint density at radius 3 is 2.58 bits per heavy atom. The molecule has 2 amide bonds. The number of aromatic nitrogens is 1. The van der Waals surface area contributed by atoms with Crippen molar-refractivity contribution in [1.82, 2.24) is 15.2 Å². The van der Waals surface area contributed by atoms with E-state index in [9.17, 15) is 14.4 Å². The molecule has 0 aliphatic carbocycles. The molecule has 0 radical (unpaired) electrons. The van der Waals surface area contributed by atoms with Gasteiger partial charge in [-0.3, -0.25) is 19.5 Å². The summed E-state index contributed by atoms with van der Waals surface area (Å²) in [4.78, 5) is 46.9. The molecule has 8 nitrogen and oxygen atoms in total. The first-order valence-electron chi connectivity index (χ1n) is 13.8. The average molecular weight is 612 g/mol. The van der Waals surface area contributed by atoms with E-state index in [1.54, 1.807) is 49.0 Å². The maximum atomic E-state index is 13.6. The molecule has 2 atom stereocenters. The Hall–Kier alpha value is -4.28. The fourth-order valence-electron chi connectivity index (χ4n) is 5.09. The number of carbonyl (C=O) groups is 3. The molecule has 3 heterocycles. The van der Waals surface area contributed by atoms with Crippen LogP contribution in [0.5, 0.6) is 5.75 Å². The molecule has 1 fully saturated rings. The maximum Gasteiger partial charge on any atom is 0.355 e. The molecule has 2 aliphatic rings. The fraction of sp³-hybridized carbons (Fsp3) is 0.212. The lowest BCUT2D eigenvalue weighted by Crippen LogP contribution is -2.70. The number of nitrogens with zero attached hydrogens (tertiary/aromatic N) is 2. The van der Waals surface area contributed by atoms with Crippen LogP contribution >= 0.6 is 23.5 Å². The molecule has 0 saturated carbocycles. The van der Waals surface area contributed by atoms with Crippen LogP contribution in [-0.4, -0.2) is 57.7 Å². The molecule has 1 N–H and O–H groups in total. The lowest BCUT2D eigenvalue weighted by molar-refractivity contribution is -0.153. The Balaban J connectivity index is 1.21. The van der Waals surface area contributed by atoms with Gasteiger partial charge in [-0.05, 0) is 41.0 Å². The van der Waals surface area contributed by atoms with E-state index in [4.69, 9.17) is 9.47 Å². The summed E-state index contributed by atoms with van der Waals surface area (Å²) in [6.07, 6.45) is 1.94. The van der Waals surface area contributed by atoms with E-state index in [1.807, 2.05) is 72.8 Å². The number of benzene rings is 3. The van der Waals surface area contributed by atoms with E-state index >= 15 is 0 Å². The standard InChI is InChI=1S/C33H29N3O5S2/c1-40-25-14-12-22(13-15-25)18-41-33(39)30-24(19-42-26-11-5-9-23-10-6-16-34-28(23)26)20-43-32-29(31(38)36(30)32)35-27(37)17-21-7-3-2-4-8-21/h2-16,29,32H,17-20H2,1H3,(H,35,37)/t29-,32-/m1/s1. The van der Waals surface area contributed by atoms with E-state index < -0.39 is 12.0 Å². The second kappa shape index (κ2) is 12.9. The Morgan fingerprint density at radius 2 is 1.79 bits per heavy atom. The quantitative estimate of drug-likeness (QED) is 0.153. The Bertz CT molecular complexity index is 1690. The molecule has 0 spiro atoms. The number of nitrogens with one attached hydrogen (secondary N) is 1. The van der Waals surface area contributed by atoms with E-state index in [0.717, 1.165) is 32.5 Å². The summed E-state index contributed by atoms with van der Waals surface area (Å²) in [5, 5.41) is 3.53. The molecule has 6 rings (SSSR count). The zero-order valence-corrected chi connectivity index (χ0v) is 25.0. The minimum Gasteiger partial charge on any atom is -0.497 e. The lowest BCUT2D eigenvalue weighted by Gasteiger charge is -2.49. The zero-order chi connectivity index (χ0) is 29.8. The van der Waals surface area contributed by atoms with E-state index in [1.165, 1.54) is 4.90 Å². The second-order valence-corrected chi connectivity index (χ2v) is 12.2. The highest BCUT2D eigenvalue weighted by Gasteiger charge is 2.54. The van der Waals surface area contributed by atoms with Gasteiger partial charge < -0.3 is 14.8 Å². The van der Waals surface area contributed by atoms with Crippen LogP contribution in [0.4, 0.5) is 0 Å². The third-order valence-electron chi connectivity index (χ3n) is 7.29. The molecule has 0 bridgehead atoms. The normalized spacial score (nSPS) is 17.7. The van der Waals surface area contributed by atoms with Crippen LogP contribution in [0.25, 0.3) is 10.9 Å². The molecule has 10 heteroatoms. The minimum absolute atomic E-state index is 0.0527. The van der Waals surface area contributed by atoms with Gasteiger partial charge >= 0.3 is 5.97 Å². The minimum atomic E-state index is -0.706. The van der Waals surface area contributed by atoms with Crippen molar-refractivity contribution in [1.29, 1.82) is 0 Å². The predicted octanol–water partition coefficient (Wildman–Crippen LogP) is 4.98. The van der Waals surface area contributed by atoms with Crippen LogP contribution in [0.15, 0.2) is 107 Å². The van der Waals surface area contributed by atoms with Crippen molar-refractivity contribution < 1.29 is 23.9 Å². The number of esters is 1. The van der Waals surface area contributed by atoms with E-state index in [2.05, 4.69) is 10.3 Å². The Kier molecular flexibility index (Phi) is 8.67. The van der Waals surface area contributed by atoms with Crippen molar-refractivity contribution in [2.24, 2.45) is 0 Å². The number of β-lactam (4-membered cyclic amide) rings is 1. The SMILES string of the molecule is COc1ccc(COC(=O)C2=C(CSc3cccc4cccnc34)CS[C@@H]3[C@H](NC(=O)Cc4ccccc4)C(=O)N23)cc1. The number of thioether (sulfide) groups is 2. The number of para-hydroxylation sites is 1. The highest BCUT2D eigenvalue weighted by Crippen LogP contribution is 2.42. The van der Waals surface area contributed by atoms with Gasteiger partial charge in [0.15, 0.2) is 0 Å². The first-order chi connectivity index (χ1) is 21.0. The number of pyridine rings is 1. The van der Waals surface area contributed by atoms with Gasteiger partial charge in [0.2, 0.25) is 5.91 Å². The van der Waals surface area contributed by atoms with Crippen LogP contribution in [0, 0.1) is 0 Å². The smallest absolute Gasteiger partial charge is 0.355 e. The first kappa shape index (κ1) is 28.8. The summed E-state index contributed by atoms with van der Waals surface area (Å²) >= 11 is 3.12. The summed E-state index contributed by atoms with van der Waals surface area (Å²) in [6, 6.07) is 25.9. The number of rotatable bonds is 10. The van der Waals surface area contributed by atoms with Gasteiger partial charge in [0.25, 0.3) is 5.91 Å². The third kappa shape index (κ3) is 6.25. The summed E-state index contributed by atoms with van der Waals surface area (Å²) in [5.74, 6) is 0.606. The first-order valence-corrected chi connectivity index (χ1v) is 15.8. The van der Waals surface area contributed by atoms with Gasteiger partial charge in [0.1, 0.15) is 29.5 Å². The van der Waals surface area contributed by atoms with Gasteiger partial charge in [-0.1, -0.05) is 60.7 Å². The molecular weight excluding hydrogens is 583 g/mol. The van der Waals surface area contributed by atoms with Crippen LogP contribution in [0.3, 0.4) is 0 Å². The van der Waals surface area contributed by atoms with Crippen molar-refractivity contribution in [3.8, 4) is 5.75 Å². The van der Waals surface area contributed by atoms with Crippen molar-refractivity contribution in [2.75, 3.05) is 18.6 Å². The average Bonchev–Trinajstić information content (AvgIpc) is 3.05. The predicted molar refractivity (Wildman–Crippen MR) is 167 cm³/mol. The van der Waals surface area contributed by atoms with Crippen LogP contribution < -0.4 is 10.1 Å². The zero-order valence-electron chi connectivity index (χ0n) is 23.4. The van der Waals surface area contributed by atoms with Crippen LogP contribution in [0.2, 0.25) is 0 Å². The van der Waals surface area contributed by atoms with Gasteiger partial charge in [-0.25, -0.2) is 4.79 Å². The number of hydrogen-bond acceptors (Lipinski definition) is 8. The molecule has 43 heavy (non-hydrogen) atoms. The van der Waals surface area contributed by atoms with Crippen LogP contribution in [-0.2, 0) is 32.1 Å². The van der Waals surface area contributed by atoms with Gasteiger partial charge in [0, 0.05) is 28.0 Å². The maximum absolute atomic E-state index is 13.6. The topological polar surface area (TPSA) is 97.8 Å². The molecule has 4 aromatic rings. The van der Waals surface area contributed by atoms with Crippen molar-refractivity contribution >= 4 is 52.2 Å². The third-order valence-corrected chi connectivity index (χ3v) is 9.76. The highest BCUT2D eigenvalue weighted by molar-refractivity contribution is 8.01. The molecular formula is C33H29N3O5S2. The molecule has 3 aromatic carbocycles. The number of hydrogen-bond donors (Lipinski definition) is 1. The van der Waals surface area contributed by atoms with Gasteiger partial charge in [0.05, 0.1) is 19.0 Å². The van der Waals surface area contributed by atoms with Crippen LogP contribution in [0.1, 0.15) is 11.1 Å². The highest BCUT2D eigenvalue weighted by atomic mass is 32.2. The number of carbonyl (C=O) groups excluding carboxylic acids is 3. The summed E-state index contributed by atoms with van der Waals surface area (Å²) in [6.45, 7) is 0.0527. The van der Waals surface area contributed by atoms with E-state index in [-0.39, 0.29) is 35.9 Å². The van der Waals surface area contributed by atoms with E-state index in [0.29, 0.717) is 17.3 Å². The monoisotopic (exact) mass is 611 g/mol. The Morgan fingerprint density at radius 1 is 1.00 bits per heavy atom. The number of methoxy groups -OCH3 is 1. The summed E-state index contributed by atoms with van der Waals surface area (Å²) in [7, 11) is 1.59. The number of amides is 2. The molecule has 0 unspecified atom stereocenters. The largest absolute Gasteiger partial charge is 0.497 e. The fourth-order valence-corrected chi connectivity index (χ4v) is 7.61. The molecule has 218 valence electrons. The molecule has 1 saturated heterocycles. The summed E-state index contributed by atoms with van der Waals surface area (Å²) < 4.78 is 11.0. The molecule has 2 aliphatic heterocycles. The van der Waals surface area contributed by atoms with Crippen molar-refractivity contribution in [3.05, 3.63) is 114 Å². The summed E-state index contributed by atoms with van der Waals surface area (Å²) in [5.41, 5.74) is 3.62. The van der Waals surface area contributed by atoms with Crippen molar-refractivity contribution in [3.63, 3.8) is 0 Å². The van der Waals surface area contributed by atoms with Crippen molar-refractivity contribution in [2.45, 2.75) is 29.3 Å². The second-order valence-electron chi connectivity index (χ2n) is 10.1. The lowest BCUT2D eigenvalue weighted by atomic mass is 10.0. The number of fused-ring (bicyclic) bond motifs is 2. The van der Waals surface area contributed by atoms with Gasteiger partial charge in [-0.2, -0.15) is 0 Å². The molecule has 1 aromatic heterocycles. The van der Waals surface area contributed by atoms with Gasteiger partial charge in [-0.15, -0.1) is 23.5 Å². The Labute approximate surface area is 257 Å². The number of ether oxygens (including phenoxy) is 2.